The predicted molar refractivity (Wildman–Crippen MR) is 139 cm³/mol. The number of benzene rings is 2. The number of nitrogens with zero attached hydrogens (tertiary/aromatic N) is 3. The van der Waals surface area contributed by atoms with Crippen LogP contribution in [0.4, 0.5) is 13.2 Å². The molecule has 0 bridgehead atoms. The monoisotopic (exact) mass is 560 g/mol. The molecular weight excluding hydrogens is 529 g/mol. The molecule has 39 heavy (non-hydrogen) atoms. The van der Waals surface area contributed by atoms with Crippen LogP contribution in [0.2, 0.25) is 0 Å². The molecule has 2 atom stereocenters. The number of amides is 1. The largest absolute Gasteiger partial charge is 0.417 e. The third kappa shape index (κ3) is 5.60. The first-order chi connectivity index (χ1) is 18.7. The molecule has 1 fully saturated rings. The van der Waals surface area contributed by atoms with Gasteiger partial charge in [0.2, 0.25) is 15.9 Å². The highest BCUT2D eigenvalue weighted by Crippen LogP contribution is 2.38. The third-order valence-electron chi connectivity index (χ3n) is 7.64. The topological polar surface area (TPSA) is 86.4 Å². The zero-order chi connectivity index (χ0) is 27.6. The molecule has 1 aromatic heterocycles. The Hall–Kier alpha value is -3.18. The average Bonchev–Trinajstić information content (AvgIpc) is 3.42. The van der Waals surface area contributed by atoms with Gasteiger partial charge in [0.1, 0.15) is 6.04 Å². The number of rotatable bonds is 7. The van der Waals surface area contributed by atoms with E-state index in [1.165, 1.54) is 16.4 Å². The highest BCUT2D eigenvalue weighted by molar-refractivity contribution is 7.89. The number of halogens is 3. The van der Waals surface area contributed by atoms with Gasteiger partial charge in [-0.2, -0.15) is 17.5 Å². The lowest BCUT2D eigenvalue weighted by molar-refractivity contribution is -0.140. The van der Waals surface area contributed by atoms with E-state index in [-0.39, 0.29) is 24.9 Å². The van der Waals surface area contributed by atoms with E-state index in [0.717, 1.165) is 35.5 Å². The SMILES string of the molecule is O=C(CCCC1CCCCN1S(=O)(=O)c1ccccc1C(F)(F)F)N1CCc2[nH]cnc2C1c1ccccc1. The molecular formula is C28H31F3N4O3S. The standard InChI is InChI=1S/C28H31F3N4O3S/c29-28(30,31)22-13-4-5-14-24(22)39(37,38)35-17-7-6-11-21(35)12-8-15-25(36)34-18-16-23-26(33-19-32-23)27(34)20-9-2-1-3-10-20/h1-5,9-10,13-14,19,21,27H,6-8,11-12,15-18H2,(H,32,33). The minimum Gasteiger partial charge on any atom is -0.348 e. The summed E-state index contributed by atoms with van der Waals surface area (Å²) in [4.78, 5) is 22.2. The van der Waals surface area contributed by atoms with Crippen molar-refractivity contribution < 1.29 is 26.4 Å². The number of hydrogen-bond acceptors (Lipinski definition) is 4. The summed E-state index contributed by atoms with van der Waals surface area (Å²) < 4.78 is 68.9. The number of nitrogens with one attached hydrogen (secondary N) is 1. The van der Waals surface area contributed by atoms with Crippen LogP contribution in [-0.2, 0) is 27.4 Å². The maximum Gasteiger partial charge on any atom is 0.417 e. The summed E-state index contributed by atoms with van der Waals surface area (Å²) in [5, 5.41) is 0. The Morgan fingerprint density at radius 3 is 2.54 bits per heavy atom. The molecule has 208 valence electrons. The number of hydrogen-bond donors (Lipinski definition) is 1. The van der Waals surface area contributed by atoms with Gasteiger partial charge in [0.15, 0.2) is 0 Å². The van der Waals surface area contributed by atoms with E-state index in [4.69, 9.17) is 0 Å². The number of sulfonamides is 1. The molecule has 0 aliphatic carbocycles. The van der Waals surface area contributed by atoms with E-state index in [2.05, 4.69) is 9.97 Å². The number of aromatic nitrogens is 2. The van der Waals surface area contributed by atoms with Gasteiger partial charge in [0.25, 0.3) is 0 Å². The molecule has 1 N–H and O–H groups in total. The van der Waals surface area contributed by atoms with E-state index >= 15 is 0 Å². The van der Waals surface area contributed by atoms with Gasteiger partial charge < -0.3 is 9.88 Å². The van der Waals surface area contributed by atoms with Crippen LogP contribution >= 0.6 is 0 Å². The summed E-state index contributed by atoms with van der Waals surface area (Å²) in [6, 6.07) is 13.3. The predicted octanol–water partition coefficient (Wildman–Crippen LogP) is 5.32. The van der Waals surface area contributed by atoms with Crippen molar-refractivity contribution in [2.45, 2.75) is 68.1 Å². The maximum absolute atomic E-state index is 13.6. The second-order valence-electron chi connectivity index (χ2n) is 10.1. The number of imidazole rings is 1. The minimum absolute atomic E-state index is 0.0508. The van der Waals surface area contributed by atoms with E-state index in [9.17, 15) is 26.4 Å². The Morgan fingerprint density at radius 1 is 1.03 bits per heavy atom. The maximum atomic E-state index is 13.6. The van der Waals surface area contributed by atoms with Crippen molar-refractivity contribution in [1.82, 2.24) is 19.2 Å². The molecule has 2 unspecified atom stereocenters. The molecule has 2 aliphatic rings. The van der Waals surface area contributed by atoms with Gasteiger partial charge in [-0.25, -0.2) is 13.4 Å². The van der Waals surface area contributed by atoms with Crippen LogP contribution in [0.1, 0.15) is 67.1 Å². The van der Waals surface area contributed by atoms with Crippen molar-refractivity contribution in [2.24, 2.45) is 0 Å². The lowest BCUT2D eigenvalue weighted by atomic mass is 9.94. The zero-order valence-corrected chi connectivity index (χ0v) is 22.2. The number of H-pyrrole nitrogens is 1. The minimum atomic E-state index is -4.78. The lowest BCUT2D eigenvalue weighted by Gasteiger charge is -2.36. The fourth-order valence-corrected chi connectivity index (χ4v) is 7.72. The van der Waals surface area contributed by atoms with Crippen LogP contribution in [0, 0.1) is 0 Å². The Bertz CT molecular complexity index is 1410. The van der Waals surface area contributed by atoms with Gasteiger partial charge >= 0.3 is 6.18 Å². The summed E-state index contributed by atoms with van der Waals surface area (Å²) in [6.07, 6.45) is 0.497. The smallest absolute Gasteiger partial charge is 0.348 e. The first-order valence-electron chi connectivity index (χ1n) is 13.2. The van der Waals surface area contributed by atoms with E-state index in [1.54, 1.807) is 6.33 Å². The summed E-state index contributed by atoms with van der Waals surface area (Å²) in [5.74, 6) is -0.0508. The van der Waals surface area contributed by atoms with Crippen molar-refractivity contribution in [1.29, 1.82) is 0 Å². The molecule has 1 saturated heterocycles. The summed E-state index contributed by atoms with van der Waals surface area (Å²) in [6.45, 7) is 0.697. The molecule has 3 aromatic rings. The lowest BCUT2D eigenvalue weighted by Crippen LogP contribution is -2.44. The zero-order valence-electron chi connectivity index (χ0n) is 21.4. The van der Waals surface area contributed by atoms with Crippen LogP contribution in [0.5, 0.6) is 0 Å². The summed E-state index contributed by atoms with van der Waals surface area (Å²) in [5.41, 5.74) is 1.65. The fourth-order valence-electron chi connectivity index (χ4n) is 5.78. The van der Waals surface area contributed by atoms with Crippen LogP contribution < -0.4 is 0 Å². The van der Waals surface area contributed by atoms with Crippen LogP contribution in [0.3, 0.4) is 0 Å². The number of aromatic amines is 1. The fraction of sp³-hybridized carbons (Fsp3) is 0.429. The van der Waals surface area contributed by atoms with Crippen molar-refractivity contribution in [2.75, 3.05) is 13.1 Å². The molecule has 1 amide bonds. The van der Waals surface area contributed by atoms with E-state index in [1.807, 2.05) is 35.2 Å². The van der Waals surface area contributed by atoms with E-state index < -0.39 is 32.7 Å². The van der Waals surface area contributed by atoms with Gasteiger partial charge in [0.05, 0.1) is 22.5 Å². The van der Waals surface area contributed by atoms with Gasteiger partial charge in [0, 0.05) is 37.7 Å². The van der Waals surface area contributed by atoms with Crippen molar-refractivity contribution >= 4 is 15.9 Å². The normalized spacial score (nSPS) is 20.5. The van der Waals surface area contributed by atoms with Crippen molar-refractivity contribution in [3.8, 4) is 0 Å². The van der Waals surface area contributed by atoms with Crippen LogP contribution in [-0.4, -0.2) is 52.6 Å². The molecule has 5 rings (SSSR count). The van der Waals surface area contributed by atoms with Gasteiger partial charge in [-0.15, -0.1) is 0 Å². The first-order valence-corrected chi connectivity index (χ1v) is 14.7. The van der Waals surface area contributed by atoms with Gasteiger partial charge in [-0.3, -0.25) is 4.79 Å². The number of piperidine rings is 1. The summed E-state index contributed by atoms with van der Waals surface area (Å²) >= 11 is 0. The molecule has 11 heteroatoms. The van der Waals surface area contributed by atoms with Gasteiger partial charge in [-0.05, 0) is 43.4 Å². The second kappa shape index (κ2) is 11.1. The molecule has 2 aliphatic heterocycles. The highest BCUT2D eigenvalue weighted by atomic mass is 32.2. The molecule has 7 nitrogen and oxygen atoms in total. The number of carbonyl (C=O) groups is 1. The summed E-state index contributed by atoms with van der Waals surface area (Å²) in [7, 11) is -4.36. The van der Waals surface area contributed by atoms with Gasteiger partial charge in [-0.1, -0.05) is 48.9 Å². The molecule has 0 radical (unpaired) electrons. The Morgan fingerprint density at radius 2 is 1.77 bits per heavy atom. The molecule has 2 aromatic carbocycles. The van der Waals surface area contributed by atoms with Crippen LogP contribution in [0.15, 0.2) is 65.8 Å². The molecule has 0 saturated carbocycles. The van der Waals surface area contributed by atoms with Crippen molar-refractivity contribution in [3.63, 3.8) is 0 Å². The van der Waals surface area contributed by atoms with E-state index in [0.29, 0.717) is 38.6 Å². The number of alkyl halides is 3. The first kappa shape index (κ1) is 27.4. The van der Waals surface area contributed by atoms with Crippen LogP contribution in [0.25, 0.3) is 0 Å². The Kier molecular flexibility index (Phi) is 7.82. The molecule has 0 spiro atoms. The third-order valence-corrected chi connectivity index (χ3v) is 9.65. The molecule has 3 heterocycles. The number of carbonyl (C=O) groups excluding carboxylic acids is 1. The highest BCUT2D eigenvalue weighted by Gasteiger charge is 2.41. The quantitative estimate of drug-likeness (QED) is 0.424. The average molecular weight is 561 g/mol. The van der Waals surface area contributed by atoms with Crippen molar-refractivity contribution in [3.05, 3.63) is 83.4 Å². The second-order valence-corrected chi connectivity index (χ2v) is 11.9. The number of fused-ring (bicyclic) bond motifs is 1. The Labute approximate surface area is 226 Å². The Balaban J connectivity index is 1.30.